The first-order valence-corrected chi connectivity index (χ1v) is 8.45. The van der Waals surface area contributed by atoms with Crippen molar-refractivity contribution in [3.63, 3.8) is 0 Å². The summed E-state index contributed by atoms with van der Waals surface area (Å²) in [6.45, 7) is 5.25. The van der Waals surface area contributed by atoms with E-state index in [0.717, 1.165) is 21.9 Å². The molecule has 1 unspecified atom stereocenters. The van der Waals surface area contributed by atoms with Crippen molar-refractivity contribution in [1.29, 1.82) is 0 Å². The number of benzene rings is 2. The molecule has 0 saturated carbocycles. The van der Waals surface area contributed by atoms with Crippen LogP contribution in [0.25, 0.3) is 0 Å². The average molecular weight is 397 g/mol. The summed E-state index contributed by atoms with van der Waals surface area (Å²) in [6.07, 6.45) is 1.09. The zero-order valence-corrected chi connectivity index (χ0v) is 15.0. The van der Waals surface area contributed by atoms with Gasteiger partial charge in [0.25, 0.3) is 0 Å². The molecule has 106 valence electrons. The molecule has 0 aliphatic rings. The minimum atomic E-state index is 0.309. The second kappa shape index (κ2) is 7.39. The summed E-state index contributed by atoms with van der Waals surface area (Å²) in [5, 5.41) is 3.57. The quantitative estimate of drug-likeness (QED) is 0.690. The number of hydrogen-bond donors (Lipinski definition) is 1. The molecule has 0 heterocycles. The Morgan fingerprint density at radius 3 is 2.25 bits per heavy atom. The topological polar surface area (TPSA) is 12.0 Å². The monoisotopic (exact) mass is 395 g/mol. The lowest BCUT2D eigenvalue weighted by molar-refractivity contribution is 0.572. The van der Waals surface area contributed by atoms with E-state index in [2.05, 4.69) is 93.5 Å². The van der Waals surface area contributed by atoms with Crippen LogP contribution in [0.15, 0.2) is 51.4 Å². The molecule has 0 saturated heterocycles. The van der Waals surface area contributed by atoms with Gasteiger partial charge >= 0.3 is 0 Å². The summed E-state index contributed by atoms with van der Waals surface area (Å²) in [7, 11) is 0. The van der Waals surface area contributed by atoms with Crippen LogP contribution in [0, 0.1) is 0 Å². The number of aryl methyl sites for hydroxylation is 1. The molecular formula is C17H19Br2N. The molecule has 0 aliphatic carbocycles. The molecule has 2 aromatic rings. The molecule has 0 bridgehead atoms. The lowest BCUT2D eigenvalue weighted by Gasteiger charge is -2.16. The van der Waals surface area contributed by atoms with E-state index in [1.807, 2.05) is 0 Å². The highest BCUT2D eigenvalue weighted by molar-refractivity contribution is 9.11. The van der Waals surface area contributed by atoms with E-state index in [1.54, 1.807) is 0 Å². The first-order chi connectivity index (χ1) is 9.60. The van der Waals surface area contributed by atoms with Gasteiger partial charge in [0.1, 0.15) is 0 Å². The minimum Gasteiger partial charge on any atom is -0.306 e. The third-order valence-electron chi connectivity index (χ3n) is 3.47. The van der Waals surface area contributed by atoms with Gasteiger partial charge in [0.2, 0.25) is 0 Å². The van der Waals surface area contributed by atoms with E-state index in [-0.39, 0.29) is 0 Å². The van der Waals surface area contributed by atoms with Crippen LogP contribution in [0.2, 0.25) is 0 Å². The summed E-state index contributed by atoms with van der Waals surface area (Å²) >= 11 is 7.11. The fourth-order valence-corrected chi connectivity index (χ4v) is 3.52. The van der Waals surface area contributed by atoms with Crippen LogP contribution in [0.5, 0.6) is 0 Å². The van der Waals surface area contributed by atoms with E-state index < -0.39 is 0 Å². The standard InChI is InChI=1S/C17H19Br2N/c1-3-13-4-6-14(7-5-13)11-20-12(2)16-9-8-15(18)10-17(16)19/h4-10,12,20H,3,11H2,1-2H3. The molecule has 0 amide bonds. The number of halogens is 2. The van der Waals surface area contributed by atoms with Crippen molar-refractivity contribution in [2.45, 2.75) is 32.9 Å². The van der Waals surface area contributed by atoms with Gasteiger partial charge in [-0.3, -0.25) is 0 Å². The van der Waals surface area contributed by atoms with E-state index in [1.165, 1.54) is 16.7 Å². The van der Waals surface area contributed by atoms with Gasteiger partial charge in [-0.05, 0) is 42.2 Å². The van der Waals surface area contributed by atoms with Gasteiger partial charge < -0.3 is 5.32 Å². The second-order valence-corrected chi connectivity index (χ2v) is 6.71. The molecule has 1 atom stereocenters. The largest absolute Gasteiger partial charge is 0.306 e. The molecule has 0 radical (unpaired) electrons. The van der Waals surface area contributed by atoms with Crippen LogP contribution in [0.1, 0.15) is 36.6 Å². The van der Waals surface area contributed by atoms with E-state index in [0.29, 0.717) is 6.04 Å². The second-order valence-electron chi connectivity index (χ2n) is 4.94. The first kappa shape index (κ1) is 15.7. The molecule has 2 aromatic carbocycles. The van der Waals surface area contributed by atoms with E-state index in [4.69, 9.17) is 0 Å². The van der Waals surface area contributed by atoms with Crippen molar-refractivity contribution in [3.05, 3.63) is 68.1 Å². The number of rotatable bonds is 5. The van der Waals surface area contributed by atoms with Gasteiger partial charge in [-0.15, -0.1) is 0 Å². The normalized spacial score (nSPS) is 12.4. The Morgan fingerprint density at radius 2 is 1.65 bits per heavy atom. The van der Waals surface area contributed by atoms with Gasteiger partial charge in [-0.25, -0.2) is 0 Å². The molecule has 1 N–H and O–H groups in total. The maximum Gasteiger partial charge on any atom is 0.0306 e. The van der Waals surface area contributed by atoms with Crippen LogP contribution in [0.3, 0.4) is 0 Å². The SMILES string of the molecule is CCc1ccc(CNC(C)c2ccc(Br)cc2Br)cc1. The zero-order chi connectivity index (χ0) is 14.5. The smallest absolute Gasteiger partial charge is 0.0306 e. The summed E-state index contributed by atoms with van der Waals surface area (Å²) in [6, 6.07) is 15.4. The van der Waals surface area contributed by atoms with Crippen molar-refractivity contribution in [3.8, 4) is 0 Å². The van der Waals surface area contributed by atoms with Crippen molar-refractivity contribution in [2.75, 3.05) is 0 Å². The van der Waals surface area contributed by atoms with Crippen molar-refractivity contribution in [1.82, 2.24) is 5.32 Å². The van der Waals surface area contributed by atoms with Gasteiger partial charge in [0, 0.05) is 21.5 Å². The van der Waals surface area contributed by atoms with Gasteiger partial charge in [-0.2, -0.15) is 0 Å². The third kappa shape index (κ3) is 4.18. The van der Waals surface area contributed by atoms with Crippen LogP contribution < -0.4 is 5.32 Å². The Morgan fingerprint density at radius 1 is 1.00 bits per heavy atom. The van der Waals surface area contributed by atoms with Gasteiger partial charge in [-0.1, -0.05) is 69.1 Å². The van der Waals surface area contributed by atoms with Crippen molar-refractivity contribution in [2.24, 2.45) is 0 Å². The Labute approximate surface area is 138 Å². The zero-order valence-electron chi connectivity index (χ0n) is 11.8. The molecule has 2 rings (SSSR count). The van der Waals surface area contributed by atoms with Gasteiger partial charge in [0.15, 0.2) is 0 Å². The summed E-state index contributed by atoms with van der Waals surface area (Å²) < 4.78 is 2.23. The molecule has 0 aliphatic heterocycles. The molecule has 0 fully saturated rings. The van der Waals surface area contributed by atoms with Crippen LogP contribution in [-0.4, -0.2) is 0 Å². The summed E-state index contributed by atoms with van der Waals surface area (Å²) in [4.78, 5) is 0. The van der Waals surface area contributed by atoms with Crippen LogP contribution in [-0.2, 0) is 13.0 Å². The Balaban J connectivity index is 1.98. The average Bonchev–Trinajstić information content (AvgIpc) is 2.45. The predicted molar refractivity (Wildman–Crippen MR) is 92.9 cm³/mol. The highest BCUT2D eigenvalue weighted by Crippen LogP contribution is 2.26. The number of hydrogen-bond acceptors (Lipinski definition) is 1. The number of nitrogens with one attached hydrogen (secondary N) is 1. The van der Waals surface area contributed by atoms with Gasteiger partial charge in [0.05, 0.1) is 0 Å². The minimum absolute atomic E-state index is 0.309. The maximum absolute atomic E-state index is 3.62. The Bertz CT molecular complexity index is 564. The molecule has 0 spiro atoms. The van der Waals surface area contributed by atoms with Crippen LogP contribution >= 0.6 is 31.9 Å². The molecule has 3 heteroatoms. The predicted octanol–water partition coefficient (Wildman–Crippen LogP) is 5.62. The van der Waals surface area contributed by atoms with E-state index in [9.17, 15) is 0 Å². The maximum atomic E-state index is 3.62. The molecular weight excluding hydrogens is 378 g/mol. The van der Waals surface area contributed by atoms with Crippen molar-refractivity contribution >= 4 is 31.9 Å². The Hall–Kier alpha value is -0.640. The lowest BCUT2D eigenvalue weighted by Crippen LogP contribution is -2.18. The summed E-state index contributed by atoms with van der Waals surface area (Å²) in [5.74, 6) is 0. The third-order valence-corrected chi connectivity index (χ3v) is 4.65. The summed E-state index contributed by atoms with van der Waals surface area (Å²) in [5.41, 5.74) is 3.98. The molecule has 0 aromatic heterocycles. The van der Waals surface area contributed by atoms with E-state index >= 15 is 0 Å². The fourth-order valence-electron chi connectivity index (χ4n) is 2.13. The Kier molecular flexibility index (Phi) is 5.82. The lowest BCUT2D eigenvalue weighted by atomic mass is 10.1. The first-order valence-electron chi connectivity index (χ1n) is 6.86. The highest BCUT2D eigenvalue weighted by Gasteiger charge is 2.09. The van der Waals surface area contributed by atoms with Crippen LogP contribution in [0.4, 0.5) is 0 Å². The molecule has 20 heavy (non-hydrogen) atoms. The molecule has 1 nitrogen and oxygen atoms in total. The van der Waals surface area contributed by atoms with Crippen molar-refractivity contribution < 1.29 is 0 Å². The highest BCUT2D eigenvalue weighted by atomic mass is 79.9. The fraction of sp³-hybridized carbons (Fsp3) is 0.294.